The summed E-state index contributed by atoms with van der Waals surface area (Å²) >= 11 is 0. The smallest absolute Gasteiger partial charge is 0.245 e. The van der Waals surface area contributed by atoms with E-state index in [1.165, 1.54) is 5.56 Å². The number of rotatable bonds is 4. The third kappa shape index (κ3) is 3.57. The number of benzene rings is 1. The summed E-state index contributed by atoms with van der Waals surface area (Å²) in [6.07, 6.45) is 3.41. The van der Waals surface area contributed by atoms with Gasteiger partial charge in [0, 0.05) is 25.9 Å². The Hall–Kier alpha value is -2.25. The molecule has 0 amide bonds. The van der Waals surface area contributed by atoms with Crippen LogP contribution in [0.2, 0.25) is 0 Å². The lowest BCUT2D eigenvalue weighted by atomic mass is 10.0. The van der Waals surface area contributed by atoms with Crippen LogP contribution in [0.25, 0.3) is 0 Å². The molecule has 0 radical (unpaired) electrons. The molecule has 1 atom stereocenters. The lowest BCUT2D eigenvalue weighted by Crippen LogP contribution is -2.45. The minimum atomic E-state index is -0.375. The van der Waals surface area contributed by atoms with Crippen LogP contribution in [0.1, 0.15) is 31.4 Å². The minimum absolute atomic E-state index is 0.114. The maximum absolute atomic E-state index is 5.78. The van der Waals surface area contributed by atoms with Crippen molar-refractivity contribution >= 4 is 11.8 Å². The first-order valence-electron chi connectivity index (χ1n) is 8.78. The summed E-state index contributed by atoms with van der Waals surface area (Å²) in [5.74, 6) is 1.01. The Labute approximate surface area is 147 Å². The highest BCUT2D eigenvalue weighted by Gasteiger charge is 2.40. The number of ether oxygens (including phenoxy) is 2. The van der Waals surface area contributed by atoms with E-state index in [0.29, 0.717) is 19.2 Å². The second kappa shape index (κ2) is 6.93. The molecular weight excluding hydrogens is 318 g/mol. The zero-order valence-corrected chi connectivity index (χ0v) is 14.4. The van der Waals surface area contributed by atoms with Gasteiger partial charge in [0.05, 0.1) is 25.5 Å². The van der Waals surface area contributed by atoms with Gasteiger partial charge in [0.25, 0.3) is 0 Å². The van der Waals surface area contributed by atoms with Gasteiger partial charge in [0.15, 0.2) is 11.6 Å². The van der Waals surface area contributed by atoms with Crippen molar-refractivity contribution in [1.82, 2.24) is 15.2 Å². The topological polar surface area (TPSA) is 72.4 Å². The highest BCUT2D eigenvalue weighted by atomic mass is 16.7. The zero-order valence-electron chi connectivity index (χ0n) is 14.4. The summed E-state index contributed by atoms with van der Waals surface area (Å²) in [6.45, 7) is 5.16. The van der Waals surface area contributed by atoms with Gasteiger partial charge in [0.1, 0.15) is 0 Å². The normalized spacial score (nSPS) is 20.6. The summed E-state index contributed by atoms with van der Waals surface area (Å²) < 4.78 is 11.6. The molecule has 1 aromatic heterocycles. The van der Waals surface area contributed by atoms with Crippen molar-refractivity contribution in [2.75, 3.05) is 36.5 Å². The molecule has 7 heteroatoms. The molecule has 4 rings (SSSR count). The van der Waals surface area contributed by atoms with Crippen LogP contribution < -0.4 is 10.2 Å². The minimum Gasteiger partial charge on any atom is -0.355 e. The van der Waals surface area contributed by atoms with Crippen molar-refractivity contribution in [3.63, 3.8) is 0 Å². The zero-order chi connectivity index (χ0) is 17.1. The Balaban J connectivity index is 1.41. The Morgan fingerprint density at radius 1 is 1.12 bits per heavy atom. The molecule has 2 aliphatic rings. The number of piperidine rings is 1. The highest BCUT2D eigenvalue weighted by molar-refractivity contribution is 5.42. The molecule has 1 spiro atoms. The van der Waals surface area contributed by atoms with E-state index in [-0.39, 0.29) is 11.8 Å². The molecule has 0 bridgehead atoms. The predicted molar refractivity (Wildman–Crippen MR) is 94.4 cm³/mol. The van der Waals surface area contributed by atoms with E-state index in [2.05, 4.69) is 44.5 Å². The van der Waals surface area contributed by atoms with Crippen LogP contribution in [0.15, 0.2) is 36.5 Å². The van der Waals surface area contributed by atoms with Crippen molar-refractivity contribution in [3.8, 4) is 0 Å². The first-order valence-corrected chi connectivity index (χ1v) is 8.78. The van der Waals surface area contributed by atoms with Crippen LogP contribution in [0, 0.1) is 0 Å². The van der Waals surface area contributed by atoms with Crippen LogP contribution in [0.5, 0.6) is 0 Å². The van der Waals surface area contributed by atoms with E-state index in [4.69, 9.17) is 9.47 Å². The monoisotopic (exact) mass is 341 g/mol. The molecule has 2 aliphatic heterocycles. The maximum Gasteiger partial charge on any atom is 0.245 e. The SMILES string of the molecule is CC(Nc1nncc(N2CCC3(CC2)OCCO3)n1)c1ccccc1. The summed E-state index contributed by atoms with van der Waals surface area (Å²) in [6, 6.07) is 10.3. The number of hydrogen-bond acceptors (Lipinski definition) is 7. The van der Waals surface area contributed by atoms with Crippen LogP contribution in [-0.2, 0) is 9.47 Å². The molecule has 0 saturated carbocycles. The van der Waals surface area contributed by atoms with Crippen LogP contribution in [-0.4, -0.2) is 47.3 Å². The molecule has 25 heavy (non-hydrogen) atoms. The maximum atomic E-state index is 5.78. The molecular formula is C18H23N5O2. The second-order valence-corrected chi connectivity index (χ2v) is 6.51. The van der Waals surface area contributed by atoms with Crippen molar-refractivity contribution in [2.45, 2.75) is 31.6 Å². The fourth-order valence-corrected chi connectivity index (χ4v) is 3.39. The molecule has 2 aromatic rings. The fourth-order valence-electron chi connectivity index (χ4n) is 3.39. The van der Waals surface area contributed by atoms with Crippen molar-refractivity contribution in [3.05, 3.63) is 42.1 Å². The third-order valence-corrected chi connectivity index (χ3v) is 4.85. The molecule has 7 nitrogen and oxygen atoms in total. The fraction of sp³-hybridized carbons (Fsp3) is 0.500. The largest absolute Gasteiger partial charge is 0.355 e. The van der Waals surface area contributed by atoms with E-state index in [9.17, 15) is 0 Å². The van der Waals surface area contributed by atoms with Gasteiger partial charge < -0.3 is 19.7 Å². The standard InChI is InChI=1S/C18H23N5O2/c1-14(15-5-3-2-4-6-15)20-17-21-16(13-19-22-17)23-9-7-18(8-10-23)24-11-12-25-18/h2-6,13-14H,7-12H2,1H3,(H,20,21,22). The number of aromatic nitrogens is 3. The molecule has 132 valence electrons. The predicted octanol–water partition coefficient (Wildman–Crippen LogP) is 2.39. The Bertz CT molecular complexity index is 696. The highest BCUT2D eigenvalue weighted by Crippen LogP contribution is 2.32. The third-order valence-electron chi connectivity index (χ3n) is 4.85. The summed E-state index contributed by atoms with van der Waals surface area (Å²) in [7, 11) is 0. The Morgan fingerprint density at radius 3 is 2.56 bits per heavy atom. The molecule has 3 heterocycles. The quantitative estimate of drug-likeness (QED) is 0.915. The van der Waals surface area contributed by atoms with E-state index in [1.54, 1.807) is 6.20 Å². The van der Waals surface area contributed by atoms with Gasteiger partial charge in [-0.25, -0.2) is 0 Å². The first-order chi connectivity index (χ1) is 12.2. The second-order valence-electron chi connectivity index (χ2n) is 6.51. The Kier molecular flexibility index (Phi) is 4.50. The van der Waals surface area contributed by atoms with Crippen molar-refractivity contribution in [2.24, 2.45) is 0 Å². The summed E-state index contributed by atoms with van der Waals surface area (Å²) in [4.78, 5) is 6.85. The van der Waals surface area contributed by atoms with Crippen molar-refractivity contribution < 1.29 is 9.47 Å². The molecule has 1 N–H and O–H groups in total. The van der Waals surface area contributed by atoms with E-state index >= 15 is 0 Å². The summed E-state index contributed by atoms with van der Waals surface area (Å²) in [5, 5.41) is 11.6. The van der Waals surface area contributed by atoms with E-state index < -0.39 is 0 Å². The Morgan fingerprint density at radius 2 is 1.84 bits per heavy atom. The average molecular weight is 341 g/mol. The van der Waals surface area contributed by atoms with E-state index in [0.717, 1.165) is 31.7 Å². The first kappa shape index (κ1) is 16.2. The van der Waals surface area contributed by atoms with E-state index in [1.807, 2.05) is 18.2 Å². The lowest BCUT2D eigenvalue weighted by Gasteiger charge is -2.37. The van der Waals surface area contributed by atoms with Gasteiger partial charge in [-0.05, 0) is 12.5 Å². The number of anilines is 2. The van der Waals surface area contributed by atoms with Crippen LogP contribution in [0.3, 0.4) is 0 Å². The lowest BCUT2D eigenvalue weighted by molar-refractivity contribution is -0.169. The molecule has 2 fully saturated rings. The van der Waals surface area contributed by atoms with Crippen LogP contribution in [0.4, 0.5) is 11.8 Å². The number of nitrogens with one attached hydrogen (secondary N) is 1. The molecule has 1 aromatic carbocycles. The molecule has 1 unspecified atom stereocenters. The van der Waals surface area contributed by atoms with Gasteiger partial charge in [-0.1, -0.05) is 30.3 Å². The van der Waals surface area contributed by atoms with Crippen LogP contribution >= 0.6 is 0 Å². The van der Waals surface area contributed by atoms with Crippen molar-refractivity contribution in [1.29, 1.82) is 0 Å². The van der Waals surface area contributed by atoms with Gasteiger partial charge in [-0.15, -0.1) is 5.10 Å². The molecule has 0 aliphatic carbocycles. The summed E-state index contributed by atoms with van der Waals surface area (Å²) in [5.41, 5.74) is 1.19. The van der Waals surface area contributed by atoms with Gasteiger partial charge >= 0.3 is 0 Å². The number of hydrogen-bond donors (Lipinski definition) is 1. The molecule has 2 saturated heterocycles. The van der Waals surface area contributed by atoms with Gasteiger partial charge in [0.2, 0.25) is 5.95 Å². The number of nitrogens with zero attached hydrogens (tertiary/aromatic N) is 4. The average Bonchev–Trinajstić information content (AvgIpc) is 3.11. The van der Waals surface area contributed by atoms with Gasteiger partial charge in [-0.2, -0.15) is 10.1 Å². The van der Waals surface area contributed by atoms with Gasteiger partial charge in [-0.3, -0.25) is 0 Å².